The molecule has 2 heterocycles. The smallest absolute Gasteiger partial charge is 0.372 e. The lowest BCUT2D eigenvalue weighted by molar-refractivity contribution is 0.0657. The van der Waals surface area contributed by atoms with Crippen LogP contribution in [0.4, 0.5) is 0 Å². The first-order valence-corrected chi connectivity index (χ1v) is 6.93. The van der Waals surface area contributed by atoms with Crippen molar-refractivity contribution < 1.29 is 14.3 Å². The first-order chi connectivity index (χ1) is 8.99. The average molecular weight is 279 g/mol. The Kier molecular flexibility index (Phi) is 4.07. The highest BCUT2D eigenvalue weighted by molar-refractivity contribution is 7.10. The quantitative estimate of drug-likeness (QED) is 0.909. The summed E-state index contributed by atoms with van der Waals surface area (Å²) in [7, 11) is 2.00. The molecule has 1 atom stereocenters. The monoisotopic (exact) mass is 279 g/mol. The van der Waals surface area contributed by atoms with Gasteiger partial charge in [0.05, 0.1) is 6.54 Å². The van der Waals surface area contributed by atoms with Crippen LogP contribution in [0.15, 0.2) is 28.0 Å². The lowest BCUT2D eigenvalue weighted by Gasteiger charge is -2.22. The number of aryl methyl sites for hydroxylation is 1. The van der Waals surface area contributed by atoms with E-state index in [9.17, 15) is 4.79 Å². The van der Waals surface area contributed by atoms with Gasteiger partial charge in [-0.15, -0.1) is 11.3 Å². The molecule has 0 aliphatic heterocycles. The second-order valence-corrected chi connectivity index (χ2v) is 5.62. The van der Waals surface area contributed by atoms with Gasteiger partial charge >= 0.3 is 5.97 Å². The van der Waals surface area contributed by atoms with E-state index >= 15 is 0 Å². The Hall–Kier alpha value is -1.59. The van der Waals surface area contributed by atoms with Crippen LogP contribution in [0.5, 0.6) is 0 Å². The molecule has 0 aromatic carbocycles. The molecule has 0 radical (unpaired) electrons. The van der Waals surface area contributed by atoms with Gasteiger partial charge in [0.15, 0.2) is 0 Å². The molecule has 2 aromatic heterocycles. The number of furan rings is 1. The van der Waals surface area contributed by atoms with Gasteiger partial charge in [0.1, 0.15) is 5.76 Å². The number of carboxylic acids is 1. The molecule has 102 valence electrons. The third kappa shape index (κ3) is 3.05. The van der Waals surface area contributed by atoms with E-state index in [2.05, 4.69) is 23.3 Å². The van der Waals surface area contributed by atoms with Gasteiger partial charge < -0.3 is 9.52 Å². The SMILES string of the molecule is Cc1cc(CN(C)C(C)c2cccs2)oc1C(=O)O. The van der Waals surface area contributed by atoms with E-state index in [1.54, 1.807) is 24.3 Å². The van der Waals surface area contributed by atoms with Crippen molar-refractivity contribution in [3.8, 4) is 0 Å². The maximum absolute atomic E-state index is 10.9. The number of carboxylic acid groups (broad SMARTS) is 1. The molecule has 0 fully saturated rings. The van der Waals surface area contributed by atoms with Gasteiger partial charge in [-0.3, -0.25) is 4.90 Å². The number of carbonyl (C=O) groups is 1. The number of nitrogens with zero attached hydrogens (tertiary/aromatic N) is 1. The fourth-order valence-electron chi connectivity index (χ4n) is 1.97. The van der Waals surface area contributed by atoms with E-state index in [1.165, 1.54) is 4.88 Å². The second kappa shape index (κ2) is 5.59. The molecular weight excluding hydrogens is 262 g/mol. The number of thiophene rings is 1. The highest BCUT2D eigenvalue weighted by Gasteiger charge is 2.18. The van der Waals surface area contributed by atoms with Crippen LogP contribution in [-0.2, 0) is 6.54 Å². The topological polar surface area (TPSA) is 53.7 Å². The highest BCUT2D eigenvalue weighted by atomic mass is 32.1. The molecule has 19 heavy (non-hydrogen) atoms. The van der Waals surface area contributed by atoms with Crippen molar-refractivity contribution in [3.05, 3.63) is 45.5 Å². The normalized spacial score (nSPS) is 12.8. The summed E-state index contributed by atoms with van der Waals surface area (Å²) < 4.78 is 5.38. The lowest BCUT2D eigenvalue weighted by Crippen LogP contribution is -2.20. The lowest BCUT2D eigenvalue weighted by atomic mass is 10.2. The van der Waals surface area contributed by atoms with Crippen LogP contribution in [0.2, 0.25) is 0 Å². The standard InChI is InChI=1S/C14H17NO3S/c1-9-7-11(18-13(9)14(16)17)8-15(3)10(2)12-5-4-6-19-12/h4-7,10H,8H2,1-3H3,(H,16,17). The zero-order valence-electron chi connectivity index (χ0n) is 11.2. The third-order valence-electron chi connectivity index (χ3n) is 3.18. The Labute approximate surface area is 116 Å². The van der Waals surface area contributed by atoms with Crippen LogP contribution in [0.1, 0.15) is 39.7 Å². The first-order valence-electron chi connectivity index (χ1n) is 6.05. The van der Waals surface area contributed by atoms with Gasteiger partial charge in [0, 0.05) is 16.5 Å². The van der Waals surface area contributed by atoms with Crippen LogP contribution in [0, 0.1) is 6.92 Å². The molecule has 1 N–H and O–H groups in total. The second-order valence-electron chi connectivity index (χ2n) is 4.64. The molecule has 5 heteroatoms. The van der Waals surface area contributed by atoms with Crippen molar-refractivity contribution in [1.82, 2.24) is 4.90 Å². The predicted octanol–water partition coefficient (Wildman–Crippen LogP) is 3.54. The Morgan fingerprint density at radius 2 is 2.32 bits per heavy atom. The first kappa shape index (κ1) is 13.8. The van der Waals surface area contributed by atoms with E-state index in [0.717, 1.165) is 0 Å². The minimum Gasteiger partial charge on any atom is -0.475 e. The van der Waals surface area contributed by atoms with Crippen molar-refractivity contribution in [3.63, 3.8) is 0 Å². The zero-order chi connectivity index (χ0) is 14.0. The van der Waals surface area contributed by atoms with Crippen LogP contribution in [0.25, 0.3) is 0 Å². The largest absolute Gasteiger partial charge is 0.475 e. The van der Waals surface area contributed by atoms with Crippen molar-refractivity contribution in [1.29, 1.82) is 0 Å². The molecule has 2 aromatic rings. The van der Waals surface area contributed by atoms with Crippen LogP contribution >= 0.6 is 11.3 Å². The Balaban J connectivity index is 2.08. The van der Waals surface area contributed by atoms with E-state index in [1.807, 2.05) is 13.1 Å². The summed E-state index contributed by atoms with van der Waals surface area (Å²) in [6, 6.07) is 6.20. The molecule has 4 nitrogen and oxygen atoms in total. The summed E-state index contributed by atoms with van der Waals surface area (Å²) in [5.41, 5.74) is 0.666. The van der Waals surface area contributed by atoms with Crippen LogP contribution < -0.4 is 0 Å². The van der Waals surface area contributed by atoms with Gasteiger partial charge in [-0.05, 0) is 38.4 Å². The van der Waals surface area contributed by atoms with Crippen molar-refractivity contribution in [2.45, 2.75) is 26.4 Å². The summed E-state index contributed by atoms with van der Waals surface area (Å²) in [5.74, 6) is -0.300. The molecule has 0 spiro atoms. The molecule has 0 bridgehead atoms. The maximum atomic E-state index is 10.9. The van der Waals surface area contributed by atoms with E-state index in [4.69, 9.17) is 9.52 Å². The number of aromatic carboxylic acids is 1. The maximum Gasteiger partial charge on any atom is 0.372 e. The van der Waals surface area contributed by atoms with Crippen LogP contribution in [0.3, 0.4) is 0 Å². The summed E-state index contributed by atoms with van der Waals surface area (Å²) in [6.45, 7) is 4.46. The fraction of sp³-hybridized carbons (Fsp3) is 0.357. The van der Waals surface area contributed by atoms with Crippen molar-refractivity contribution in [2.24, 2.45) is 0 Å². The van der Waals surface area contributed by atoms with Crippen molar-refractivity contribution in [2.75, 3.05) is 7.05 Å². The van der Waals surface area contributed by atoms with Crippen LogP contribution in [-0.4, -0.2) is 23.0 Å². The molecule has 0 aliphatic rings. The van der Waals surface area contributed by atoms with E-state index in [0.29, 0.717) is 17.9 Å². The summed E-state index contributed by atoms with van der Waals surface area (Å²) in [6.07, 6.45) is 0. The minimum absolute atomic E-state index is 0.0344. The molecule has 2 rings (SSSR count). The summed E-state index contributed by atoms with van der Waals surface area (Å²) in [4.78, 5) is 14.4. The summed E-state index contributed by atoms with van der Waals surface area (Å²) >= 11 is 1.72. The number of rotatable bonds is 5. The average Bonchev–Trinajstić information content (AvgIpc) is 2.97. The number of hydrogen-bond donors (Lipinski definition) is 1. The van der Waals surface area contributed by atoms with E-state index in [-0.39, 0.29) is 11.8 Å². The fourth-order valence-corrected chi connectivity index (χ4v) is 2.82. The number of hydrogen-bond acceptors (Lipinski definition) is 4. The minimum atomic E-state index is -1.02. The third-order valence-corrected chi connectivity index (χ3v) is 4.23. The Morgan fingerprint density at radius 3 is 2.84 bits per heavy atom. The Bertz CT molecular complexity index is 559. The van der Waals surface area contributed by atoms with Gasteiger partial charge in [0.25, 0.3) is 0 Å². The predicted molar refractivity (Wildman–Crippen MR) is 74.6 cm³/mol. The Morgan fingerprint density at radius 1 is 1.58 bits per heavy atom. The summed E-state index contributed by atoms with van der Waals surface area (Å²) in [5, 5.41) is 11.0. The van der Waals surface area contributed by atoms with Gasteiger partial charge in [-0.25, -0.2) is 4.79 Å². The molecule has 0 aliphatic carbocycles. The van der Waals surface area contributed by atoms with Gasteiger partial charge in [0.2, 0.25) is 5.76 Å². The van der Waals surface area contributed by atoms with Gasteiger partial charge in [-0.1, -0.05) is 6.07 Å². The molecule has 0 amide bonds. The highest BCUT2D eigenvalue weighted by Crippen LogP contribution is 2.25. The molecular formula is C14H17NO3S. The molecule has 1 unspecified atom stereocenters. The van der Waals surface area contributed by atoms with Gasteiger partial charge in [-0.2, -0.15) is 0 Å². The zero-order valence-corrected chi connectivity index (χ0v) is 12.0. The molecule has 0 saturated heterocycles. The molecule has 0 saturated carbocycles. The van der Waals surface area contributed by atoms with Crippen molar-refractivity contribution >= 4 is 17.3 Å². The van der Waals surface area contributed by atoms with E-state index < -0.39 is 5.97 Å².